The van der Waals surface area contributed by atoms with E-state index in [2.05, 4.69) is 10.5 Å². The third-order valence-corrected chi connectivity index (χ3v) is 3.97. The molecule has 2 aromatic carbocycles. The first-order chi connectivity index (χ1) is 14.1. The number of nitro benzene ring substituents is 1. The molecule has 8 nitrogen and oxygen atoms in total. The van der Waals surface area contributed by atoms with E-state index in [-0.39, 0.29) is 18.0 Å². The van der Waals surface area contributed by atoms with Crippen LogP contribution in [0.3, 0.4) is 0 Å². The molecule has 0 unspecified atom stereocenters. The lowest BCUT2D eigenvalue weighted by molar-refractivity contribution is -0.384. The zero-order chi connectivity index (χ0) is 20.6. The molecule has 0 aliphatic rings. The zero-order valence-corrected chi connectivity index (χ0v) is 15.7. The van der Waals surface area contributed by atoms with Crippen molar-refractivity contribution < 1.29 is 18.9 Å². The predicted molar refractivity (Wildman–Crippen MR) is 108 cm³/mol. The topological polar surface area (TPSA) is 107 Å². The molecule has 148 valence electrons. The fraction of sp³-hybridized carbons (Fsp3) is 0.143. The maximum absolute atomic E-state index is 12.0. The number of para-hydroxylation sites is 1. The second-order valence-corrected chi connectivity index (χ2v) is 6.02. The number of nitrogens with one attached hydrogen (secondary N) is 1. The standard InChI is InChI=1S/C21H19N3O5/c1-2-28-16-9-7-15(8-10-16)13-21(25)23-22-14-17-11-12-20(29-17)18-5-3-4-6-19(18)24(26)27/h3-12,14H,2,13H2,1H3,(H,23,25)/b22-14-. The fourth-order valence-corrected chi connectivity index (χ4v) is 2.67. The number of benzene rings is 2. The van der Waals surface area contributed by atoms with Gasteiger partial charge in [0.15, 0.2) is 0 Å². The molecule has 0 aliphatic heterocycles. The van der Waals surface area contributed by atoms with Gasteiger partial charge >= 0.3 is 0 Å². The fourth-order valence-electron chi connectivity index (χ4n) is 2.67. The summed E-state index contributed by atoms with van der Waals surface area (Å²) >= 11 is 0. The smallest absolute Gasteiger partial charge is 0.280 e. The predicted octanol–water partition coefficient (Wildman–Crippen LogP) is 3.95. The Hall–Kier alpha value is -3.94. The van der Waals surface area contributed by atoms with Crippen molar-refractivity contribution in [2.45, 2.75) is 13.3 Å². The third-order valence-electron chi connectivity index (χ3n) is 3.97. The summed E-state index contributed by atoms with van der Waals surface area (Å²) < 4.78 is 10.9. The molecule has 8 heteroatoms. The van der Waals surface area contributed by atoms with Crippen LogP contribution in [0.15, 0.2) is 70.2 Å². The number of hydrogen-bond donors (Lipinski definition) is 1. The minimum atomic E-state index is -0.466. The Balaban J connectivity index is 1.59. The number of hydrogen-bond acceptors (Lipinski definition) is 6. The molecular formula is C21H19N3O5. The van der Waals surface area contributed by atoms with Gasteiger partial charge in [0.25, 0.3) is 5.69 Å². The van der Waals surface area contributed by atoms with Crippen LogP contribution in [0.1, 0.15) is 18.2 Å². The summed E-state index contributed by atoms with van der Waals surface area (Å²) in [5.41, 5.74) is 3.59. The molecule has 0 bridgehead atoms. The average molecular weight is 393 g/mol. The largest absolute Gasteiger partial charge is 0.494 e. The van der Waals surface area contributed by atoms with E-state index in [0.717, 1.165) is 11.3 Å². The van der Waals surface area contributed by atoms with Gasteiger partial charge in [0, 0.05) is 6.07 Å². The van der Waals surface area contributed by atoms with Crippen molar-refractivity contribution in [1.29, 1.82) is 0 Å². The summed E-state index contributed by atoms with van der Waals surface area (Å²) in [6.07, 6.45) is 1.51. The van der Waals surface area contributed by atoms with Gasteiger partial charge in [-0.15, -0.1) is 0 Å². The van der Waals surface area contributed by atoms with Crippen LogP contribution in [0.4, 0.5) is 5.69 Å². The molecule has 3 rings (SSSR count). The molecule has 29 heavy (non-hydrogen) atoms. The zero-order valence-electron chi connectivity index (χ0n) is 15.7. The molecule has 0 atom stereocenters. The summed E-state index contributed by atoms with van der Waals surface area (Å²) in [5.74, 6) is 1.18. The summed E-state index contributed by atoms with van der Waals surface area (Å²) in [5, 5.41) is 15.0. The Morgan fingerprint density at radius 1 is 1.17 bits per heavy atom. The van der Waals surface area contributed by atoms with E-state index in [9.17, 15) is 14.9 Å². The van der Waals surface area contributed by atoms with E-state index >= 15 is 0 Å². The van der Waals surface area contributed by atoms with Crippen molar-refractivity contribution in [2.75, 3.05) is 6.61 Å². The van der Waals surface area contributed by atoms with E-state index in [4.69, 9.17) is 9.15 Å². The minimum Gasteiger partial charge on any atom is -0.494 e. The number of nitrogens with zero attached hydrogens (tertiary/aromatic N) is 2. The van der Waals surface area contributed by atoms with Crippen LogP contribution in [-0.2, 0) is 11.2 Å². The second kappa shape index (κ2) is 9.32. The first kappa shape index (κ1) is 19.8. The van der Waals surface area contributed by atoms with E-state index in [1.54, 1.807) is 30.3 Å². The average Bonchev–Trinajstić information content (AvgIpc) is 3.18. The first-order valence-electron chi connectivity index (χ1n) is 8.94. The maximum atomic E-state index is 12.0. The van der Waals surface area contributed by atoms with Gasteiger partial charge in [-0.3, -0.25) is 14.9 Å². The molecule has 0 saturated heterocycles. The van der Waals surface area contributed by atoms with Crippen LogP contribution in [0, 0.1) is 10.1 Å². The Bertz CT molecular complexity index is 1020. The quantitative estimate of drug-likeness (QED) is 0.354. The van der Waals surface area contributed by atoms with Gasteiger partial charge in [0.05, 0.1) is 29.7 Å². The highest BCUT2D eigenvalue weighted by molar-refractivity contribution is 5.82. The third kappa shape index (κ3) is 5.29. The van der Waals surface area contributed by atoms with Crippen molar-refractivity contribution in [3.63, 3.8) is 0 Å². The molecule has 1 amide bonds. The van der Waals surface area contributed by atoms with E-state index in [1.165, 1.54) is 12.3 Å². The van der Waals surface area contributed by atoms with Crippen LogP contribution in [0.25, 0.3) is 11.3 Å². The molecule has 3 aromatic rings. The Labute approximate surface area is 167 Å². The lowest BCUT2D eigenvalue weighted by atomic mass is 10.1. The molecule has 0 saturated carbocycles. The highest BCUT2D eigenvalue weighted by atomic mass is 16.6. The number of ether oxygens (including phenoxy) is 1. The second-order valence-electron chi connectivity index (χ2n) is 6.02. The molecule has 0 aliphatic carbocycles. The van der Waals surface area contributed by atoms with Gasteiger partial charge in [0.1, 0.15) is 17.3 Å². The first-order valence-corrected chi connectivity index (χ1v) is 8.94. The van der Waals surface area contributed by atoms with Crippen molar-refractivity contribution >= 4 is 17.8 Å². The summed E-state index contributed by atoms with van der Waals surface area (Å²) in [4.78, 5) is 22.7. The number of carbonyl (C=O) groups excluding carboxylic acids is 1. The number of nitro groups is 1. The highest BCUT2D eigenvalue weighted by Crippen LogP contribution is 2.30. The van der Waals surface area contributed by atoms with Gasteiger partial charge in [0.2, 0.25) is 5.91 Å². The number of rotatable bonds is 8. The SMILES string of the molecule is CCOc1ccc(CC(=O)N/N=C\c2ccc(-c3ccccc3[N+](=O)[O-])o2)cc1. The highest BCUT2D eigenvalue weighted by Gasteiger charge is 2.16. The van der Waals surface area contributed by atoms with Gasteiger partial charge in [-0.25, -0.2) is 5.43 Å². The summed E-state index contributed by atoms with van der Waals surface area (Å²) in [7, 11) is 0. The van der Waals surface area contributed by atoms with Gasteiger partial charge < -0.3 is 9.15 Å². The van der Waals surface area contributed by atoms with Crippen LogP contribution >= 0.6 is 0 Å². The maximum Gasteiger partial charge on any atom is 0.280 e. The van der Waals surface area contributed by atoms with E-state index in [1.807, 2.05) is 31.2 Å². The molecule has 0 radical (unpaired) electrons. The number of hydrazone groups is 1. The molecule has 1 heterocycles. The number of amides is 1. The molecule has 0 spiro atoms. The Morgan fingerprint density at radius 3 is 2.66 bits per heavy atom. The minimum absolute atomic E-state index is 0.0472. The Kier molecular flexibility index (Phi) is 6.36. The van der Waals surface area contributed by atoms with Gasteiger partial charge in [-0.05, 0) is 42.8 Å². The number of furan rings is 1. The van der Waals surface area contributed by atoms with Crippen LogP contribution in [-0.4, -0.2) is 23.7 Å². The van der Waals surface area contributed by atoms with Crippen LogP contribution in [0.2, 0.25) is 0 Å². The van der Waals surface area contributed by atoms with Crippen LogP contribution < -0.4 is 10.2 Å². The molecular weight excluding hydrogens is 374 g/mol. The summed E-state index contributed by atoms with van der Waals surface area (Å²) in [6, 6.07) is 16.8. The van der Waals surface area contributed by atoms with Crippen molar-refractivity contribution in [3.8, 4) is 17.1 Å². The van der Waals surface area contributed by atoms with E-state index < -0.39 is 4.92 Å². The molecule has 1 N–H and O–H groups in total. The van der Waals surface area contributed by atoms with Crippen molar-refractivity contribution in [1.82, 2.24) is 5.43 Å². The monoisotopic (exact) mass is 393 g/mol. The van der Waals surface area contributed by atoms with E-state index in [0.29, 0.717) is 23.7 Å². The van der Waals surface area contributed by atoms with Crippen molar-refractivity contribution in [2.24, 2.45) is 5.10 Å². The van der Waals surface area contributed by atoms with Crippen molar-refractivity contribution in [3.05, 3.63) is 82.1 Å². The van der Waals surface area contributed by atoms with Gasteiger partial charge in [-0.2, -0.15) is 5.10 Å². The lowest BCUT2D eigenvalue weighted by Gasteiger charge is -2.04. The number of carbonyl (C=O) groups is 1. The molecule has 1 aromatic heterocycles. The lowest BCUT2D eigenvalue weighted by Crippen LogP contribution is -2.19. The Morgan fingerprint density at radius 2 is 1.93 bits per heavy atom. The summed E-state index contributed by atoms with van der Waals surface area (Å²) in [6.45, 7) is 2.49. The molecule has 0 fully saturated rings. The normalized spacial score (nSPS) is 10.8. The van der Waals surface area contributed by atoms with Gasteiger partial charge in [-0.1, -0.05) is 24.3 Å². The van der Waals surface area contributed by atoms with Crippen LogP contribution in [0.5, 0.6) is 5.75 Å².